The van der Waals surface area contributed by atoms with Crippen LogP contribution in [0.2, 0.25) is 0 Å². The first-order chi connectivity index (χ1) is 14.7. The molecule has 162 valence electrons. The number of aryl methyl sites for hydroxylation is 2. The fraction of sp³-hybridized carbons (Fsp3) is 0.240. The van der Waals surface area contributed by atoms with E-state index in [1.165, 1.54) is 17.7 Å². The van der Waals surface area contributed by atoms with E-state index in [0.717, 1.165) is 15.4 Å². The summed E-state index contributed by atoms with van der Waals surface area (Å²) in [5, 5.41) is 0. The molecule has 3 aromatic rings. The van der Waals surface area contributed by atoms with Gasteiger partial charge in [-0.1, -0.05) is 55.8 Å². The Kier molecular flexibility index (Phi) is 6.81. The molecule has 0 N–H and O–H groups in total. The quantitative estimate of drug-likeness (QED) is 0.508. The molecule has 3 aromatic carbocycles. The minimum Gasteiger partial charge on any atom is -0.484 e. The summed E-state index contributed by atoms with van der Waals surface area (Å²) in [4.78, 5) is 13.1. The molecule has 0 aliphatic heterocycles. The standard InChI is InChI=1S/C25H27NO4S/c1-18(2)24-15-14-22(16-20(24)4)30-17-25(27)26(21-12-10-19(3)11-13-21)31(28,29)23-8-6-5-7-9-23/h5-16,18H,17H2,1-4H3. The first-order valence-electron chi connectivity index (χ1n) is 10.1. The van der Waals surface area contributed by atoms with Crippen LogP contribution in [0.4, 0.5) is 5.69 Å². The van der Waals surface area contributed by atoms with Crippen molar-refractivity contribution < 1.29 is 17.9 Å². The number of nitrogens with zero attached hydrogens (tertiary/aromatic N) is 1. The number of rotatable bonds is 7. The van der Waals surface area contributed by atoms with Crippen LogP contribution in [0.1, 0.15) is 36.5 Å². The van der Waals surface area contributed by atoms with E-state index in [-0.39, 0.29) is 10.6 Å². The molecule has 0 heterocycles. The van der Waals surface area contributed by atoms with Gasteiger partial charge in [-0.15, -0.1) is 0 Å². The Morgan fingerprint density at radius 3 is 2.16 bits per heavy atom. The SMILES string of the molecule is Cc1ccc(N(C(=O)COc2ccc(C(C)C)c(C)c2)S(=O)(=O)c2ccccc2)cc1. The van der Waals surface area contributed by atoms with Gasteiger partial charge in [0, 0.05) is 0 Å². The van der Waals surface area contributed by atoms with Crippen LogP contribution in [0.5, 0.6) is 5.75 Å². The van der Waals surface area contributed by atoms with Gasteiger partial charge in [0.25, 0.3) is 15.9 Å². The summed E-state index contributed by atoms with van der Waals surface area (Å²) < 4.78 is 33.1. The van der Waals surface area contributed by atoms with E-state index < -0.39 is 22.5 Å². The predicted molar refractivity (Wildman–Crippen MR) is 123 cm³/mol. The zero-order valence-corrected chi connectivity index (χ0v) is 19.0. The van der Waals surface area contributed by atoms with Crippen molar-refractivity contribution in [1.82, 2.24) is 0 Å². The Hall–Kier alpha value is -3.12. The highest BCUT2D eigenvalue weighted by Gasteiger charge is 2.31. The minimum atomic E-state index is -4.09. The molecule has 0 radical (unpaired) electrons. The number of carbonyl (C=O) groups excluding carboxylic acids is 1. The van der Waals surface area contributed by atoms with Crippen LogP contribution < -0.4 is 9.04 Å². The number of hydrogen-bond acceptors (Lipinski definition) is 4. The number of benzene rings is 3. The number of amides is 1. The average Bonchev–Trinajstić information content (AvgIpc) is 2.74. The molecular weight excluding hydrogens is 410 g/mol. The normalized spacial score (nSPS) is 11.4. The van der Waals surface area contributed by atoms with Crippen molar-refractivity contribution in [2.24, 2.45) is 0 Å². The average molecular weight is 438 g/mol. The number of sulfonamides is 1. The largest absolute Gasteiger partial charge is 0.484 e. The Labute approximate surface area is 184 Å². The van der Waals surface area contributed by atoms with Crippen LogP contribution in [-0.4, -0.2) is 20.9 Å². The van der Waals surface area contributed by atoms with Gasteiger partial charge in [-0.2, -0.15) is 4.31 Å². The first kappa shape index (κ1) is 22.6. The maximum atomic E-state index is 13.3. The van der Waals surface area contributed by atoms with Crippen LogP contribution >= 0.6 is 0 Å². The monoisotopic (exact) mass is 437 g/mol. The highest BCUT2D eigenvalue weighted by molar-refractivity contribution is 7.93. The summed E-state index contributed by atoms with van der Waals surface area (Å²) in [6.45, 7) is 7.71. The van der Waals surface area contributed by atoms with Gasteiger partial charge < -0.3 is 4.74 Å². The zero-order chi connectivity index (χ0) is 22.6. The van der Waals surface area contributed by atoms with E-state index in [4.69, 9.17) is 4.74 Å². The third-order valence-corrected chi connectivity index (χ3v) is 6.77. The van der Waals surface area contributed by atoms with Gasteiger partial charge in [-0.05, 0) is 67.3 Å². The van der Waals surface area contributed by atoms with Gasteiger partial charge in [0.2, 0.25) is 0 Å². The molecule has 5 nitrogen and oxygen atoms in total. The molecule has 0 fully saturated rings. The molecule has 3 rings (SSSR count). The van der Waals surface area contributed by atoms with Crippen molar-refractivity contribution in [3.63, 3.8) is 0 Å². The highest BCUT2D eigenvalue weighted by Crippen LogP contribution is 2.26. The Morgan fingerprint density at radius 2 is 1.58 bits per heavy atom. The number of anilines is 1. The van der Waals surface area contributed by atoms with Crippen molar-refractivity contribution in [1.29, 1.82) is 0 Å². The summed E-state index contributed by atoms with van der Waals surface area (Å²) in [6, 6.07) is 20.3. The zero-order valence-electron chi connectivity index (χ0n) is 18.2. The van der Waals surface area contributed by atoms with E-state index in [2.05, 4.69) is 13.8 Å². The van der Waals surface area contributed by atoms with Gasteiger partial charge in [0.15, 0.2) is 6.61 Å². The lowest BCUT2D eigenvalue weighted by atomic mass is 9.98. The van der Waals surface area contributed by atoms with Crippen molar-refractivity contribution in [3.8, 4) is 5.75 Å². The summed E-state index contributed by atoms with van der Waals surface area (Å²) in [5.74, 6) is 0.234. The van der Waals surface area contributed by atoms with Gasteiger partial charge in [-0.25, -0.2) is 8.42 Å². The molecule has 31 heavy (non-hydrogen) atoms. The van der Waals surface area contributed by atoms with Crippen LogP contribution in [0.15, 0.2) is 77.7 Å². The molecule has 0 aliphatic rings. The topological polar surface area (TPSA) is 63.7 Å². The van der Waals surface area contributed by atoms with Crippen LogP contribution in [-0.2, 0) is 14.8 Å². The van der Waals surface area contributed by atoms with Crippen molar-refractivity contribution in [3.05, 3.63) is 89.5 Å². The lowest BCUT2D eigenvalue weighted by Gasteiger charge is -2.23. The van der Waals surface area contributed by atoms with Crippen LogP contribution in [0.3, 0.4) is 0 Å². The second-order valence-electron chi connectivity index (χ2n) is 7.77. The van der Waals surface area contributed by atoms with E-state index in [9.17, 15) is 13.2 Å². The van der Waals surface area contributed by atoms with Crippen molar-refractivity contribution >= 4 is 21.6 Å². The van der Waals surface area contributed by atoms with Gasteiger partial charge in [-0.3, -0.25) is 4.79 Å². The van der Waals surface area contributed by atoms with Crippen LogP contribution in [0.25, 0.3) is 0 Å². The second-order valence-corrected chi connectivity index (χ2v) is 9.56. The molecule has 0 aromatic heterocycles. The van der Waals surface area contributed by atoms with Gasteiger partial charge >= 0.3 is 0 Å². The van der Waals surface area contributed by atoms with E-state index in [1.807, 2.05) is 26.0 Å². The maximum Gasteiger partial charge on any atom is 0.278 e. The molecular formula is C25H27NO4S. The van der Waals surface area contributed by atoms with Crippen molar-refractivity contribution in [2.75, 3.05) is 10.9 Å². The summed E-state index contributed by atoms with van der Waals surface area (Å²) in [6.07, 6.45) is 0. The Balaban J connectivity index is 1.90. The van der Waals surface area contributed by atoms with Gasteiger partial charge in [0.05, 0.1) is 10.6 Å². The molecule has 0 spiro atoms. The van der Waals surface area contributed by atoms with E-state index >= 15 is 0 Å². The maximum absolute atomic E-state index is 13.3. The molecule has 0 unspecified atom stereocenters. The van der Waals surface area contributed by atoms with E-state index in [1.54, 1.807) is 48.5 Å². The molecule has 1 amide bonds. The van der Waals surface area contributed by atoms with Crippen molar-refractivity contribution in [2.45, 2.75) is 38.5 Å². The van der Waals surface area contributed by atoms with Gasteiger partial charge in [0.1, 0.15) is 5.75 Å². The first-order valence-corrected chi connectivity index (χ1v) is 11.6. The molecule has 0 saturated carbocycles. The molecule has 0 saturated heterocycles. The molecule has 0 aliphatic carbocycles. The van der Waals surface area contributed by atoms with E-state index in [0.29, 0.717) is 11.7 Å². The Bertz CT molecular complexity index is 1150. The predicted octanol–water partition coefficient (Wildman–Crippen LogP) is 5.23. The summed E-state index contributed by atoms with van der Waals surface area (Å²) >= 11 is 0. The fourth-order valence-corrected chi connectivity index (χ4v) is 4.82. The molecule has 0 atom stereocenters. The number of carbonyl (C=O) groups is 1. The summed E-state index contributed by atoms with van der Waals surface area (Å²) in [7, 11) is -4.09. The highest BCUT2D eigenvalue weighted by atomic mass is 32.2. The van der Waals surface area contributed by atoms with Crippen LogP contribution in [0, 0.1) is 13.8 Å². The number of ether oxygens (including phenoxy) is 1. The number of hydrogen-bond donors (Lipinski definition) is 0. The summed E-state index contributed by atoms with van der Waals surface area (Å²) in [5.41, 5.74) is 3.50. The third-order valence-electron chi connectivity index (χ3n) is 5.00. The lowest BCUT2D eigenvalue weighted by Crippen LogP contribution is -2.40. The minimum absolute atomic E-state index is 0.0426. The molecule has 0 bridgehead atoms. The smallest absolute Gasteiger partial charge is 0.278 e. The molecule has 6 heteroatoms. The second kappa shape index (κ2) is 9.35. The fourth-order valence-electron chi connectivity index (χ4n) is 3.38. The third kappa shape index (κ3) is 5.14. The Morgan fingerprint density at radius 1 is 0.935 bits per heavy atom. The lowest BCUT2D eigenvalue weighted by molar-refractivity contribution is -0.119.